The molecule has 0 amide bonds. The number of nitrogens with zero attached hydrogens (tertiary/aromatic N) is 1. The number of nitrogens with one attached hydrogen (secondary N) is 1. The lowest BCUT2D eigenvalue weighted by Crippen LogP contribution is -2.56. The van der Waals surface area contributed by atoms with Crippen LogP contribution in [0.1, 0.15) is 30.4 Å². The molecule has 0 aromatic heterocycles. The van der Waals surface area contributed by atoms with Crippen molar-refractivity contribution in [3.63, 3.8) is 0 Å². The highest BCUT2D eigenvalue weighted by atomic mass is 19.1. The summed E-state index contributed by atoms with van der Waals surface area (Å²) < 4.78 is 13.1. The van der Waals surface area contributed by atoms with Crippen LogP contribution in [0.25, 0.3) is 0 Å². The Morgan fingerprint density at radius 3 is 2.78 bits per heavy atom. The molecule has 0 aliphatic heterocycles. The van der Waals surface area contributed by atoms with Gasteiger partial charge < -0.3 is 5.11 Å². The van der Waals surface area contributed by atoms with Crippen LogP contribution in [-0.4, -0.2) is 16.6 Å². The summed E-state index contributed by atoms with van der Waals surface area (Å²) in [7, 11) is 0. The molecule has 5 heteroatoms. The zero-order valence-corrected chi connectivity index (χ0v) is 9.74. The maximum Gasteiger partial charge on any atom is 0.323 e. The third-order valence-corrected chi connectivity index (χ3v) is 3.42. The molecule has 0 radical (unpaired) electrons. The number of carbonyl (C=O) groups is 1. The molecule has 2 N–H and O–H groups in total. The van der Waals surface area contributed by atoms with Gasteiger partial charge in [-0.25, -0.2) is 4.39 Å². The van der Waals surface area contributed by atoms with Crippen molar-refractivity contribution in [1.82, 2.24) is 5.32 Å². The Morgan fingerprint density at radius 1 is 1.56 bits per heavy atom. The number of halogens is 1. The first-order valence-corrected chi connectivity index (χ1v) is 5.74. The molecule has 2 rings (SSSR count). The number of benzene rings is 1. The van der Waals surface area contributed by atoms with E-state index in [9.17, 15) is 9.18 Å². The molecule has 1 aromatic rings. The third-order valence-electron chi connectivity index (χ3n) is 3.42. The van der Waals surface area contributed by atoms with Crippen molar-refractivity contribution in [3.8, 4) is 6.07 Å². The molecule has 0 atom stereocenters. The zero-order valence-electron chi connectivity index (χ0n) is 9.74. The molecule has 1 aromatic carbocycles. The predicted octanol–water partition coefficient (Wildman–Crippen LogP) is 1.79. The fraction of sp³-hybridized carbons (Fsp3) is 0.385. The number of hydrogen-bond acceptors (Lipinski definition) is 3. The minimum absolute atomic E-state index is 0.187. The summed E-state index contributed by atoms with van der Waals surface area (Å²) in [6.07, 6.45) is 2.01. The molecule has 0 unspecified atom stereocenters. The third kappa shape index (κ3) is 2.20. The highest BCUT2D eigenvalue weighted by Gasteiger charge is 2.43. The van der Waals surface area contributed by atoms with Crippen molar-refractivity contribution in [2.45, 2.75) is 31.3 Å². The Hall–Kier alpha value is -1.93. The Balaban J connectivity index is 2.13. The van der Waals surface area contributed by atoms with E-state index in [0.29, 0.717) is 24.0 Å². The summed E-state index contributed by atoms with van der Waals surface area (Å²) in [6.45, 7) is 0.187. The molecule has 1 fully saturated rings. The number of carboxylic acids is 1. The number of hydrogen-bond donors (Lipinski definition) is 2. The number of carboxylic acid groups (broad SMARTS) is 1. The Labute approximate surface area is 104 Å². The topological polar surface area (TPSA) is 73.1 Å². The molecule has 4 nitrogen and oxygen atoms in total. The standard InChI is InChI=1S/C13H13FN2O2/c14-11-3-2-9(7-15)10(6-11)8-16-13(12(17)18)4-1-5-13/h2-3,6,16H,1,4-5,8H2,(H,17,18). The van der Waals surface area contributed by atoms with E-state index in [0.717, 1.165) is 6.42 Å². The van der Waals surface area contributed by atoms with E-state index < -0.39 is 17.3 Å². The highest BCUT2D eigenvalue weighted by Crippen LogP contribution is 2.32. The molecule has 1 saturated carbocycles. The lowest BCUT2D eigenvalue weighted by molar-refractivity contribution is -0.148. The van der Waals surface area contributed by atoms with Gasteiger partial charge in [-0.15, -0.1) is 0 Å². The second kappa shape index (κ2) is 4.75. The van der Waals surface area contributed by atoms with E-state index in [4.69, 9.17) is 10.4 Å². The van der Waals surface area contributed by atoms with Crippen molar-refractivity contribution >= 4 is 5.97 Å². The van der Waals surface area contributed by atoms with Crippen LogP contribution < -0.4 is 5.32 Å². The van der Waals surface area contributed by atoms with Crippen LogP contribution >= 0.6 is 0 Å². The van der Waals surface area contributed by atoms with Crippen molar-refractivity contribution in [2.75, 3.05) is 0 Å². The fourth-order valence-electron chi connectivity index (χ4n) is 2.08. The maximum absolute atomic E-state index is 13.1. The molecule has 0 bridgehead atoms. The van der Waals surface area contributed by atoms with E-state index >= 15 is 0 Å². The minimum atomic E-state index is -0.904. The molecule has 0 saturated heterocycles. The molecular weight excluding hydrogens is 235 g/mol. The van der Waals surface area contributed by atoms with Gasteiger partial charge in [0.15, 0.2) is 0 Å². The van der Waals surface area contributed by atoms with E-state index in [-0.39, 0.29) is 6.54 Å². The summed E-state index contributed by atoms with van der Waals surface area (Å²) >= 11 is 0. The summed E-state index contributed by atoms with van der Waals surface area (Å²) in [4.78, 5) is 11.1. The van der Waals surface area contributed by atoms with Gasteiger partial charge in [0.05, 0.1) is 11.6 Å². The molecule has 1 aliphatic rings. The Bertz CT molecular complexity index is 518. The first-order chi connectivity index (χ1) is 8.57. The van der Waals surface area contributed by atoms with Crippen molar-refractivity contribution in [1.29, 1.82) is 5.26 Å². The van der Waals surface area contributed by atoms with Gasteiger partial charge in [-0.3, -0.25) is 10.1 Å². The van der Waals surface area contributed by atoms with Gasteiger partial charge in [0.2, 0.25) is 0 Å². The Morgan fingerprint density at radius 2 is 2.28 bits per heavy atom. The van der Waals surface area contributed by atoms with E-state index in [1.54, 1.807) is 0 Å². The number of aliphatic carboxylic acids is 1. The summed E-state index contributed by atoms with van der Waals surface area (Å²) in [6, 6.07) is 5.86. The normalized spacial score (nSPS) is 16.7. The predicted molar refractivity (Wildman–Crippen MR) is 62.2 cm³/mol. The first kappa shape index (κ1) is 12.5. The first-order valence-electron chi connectivity index (χ1n) is 5.74. The van der Waals surface area contributed by atoms with Gasteiger partial charge in [0.25, 0.3) is 0 Å². The summed E-state index contributed by atoms with van der Waals surface area (Å²) in [5.41, 5.74) is -0.0484. The van der Waals surface area contributed by atoms with Gasteiger partial charge in [0, 0.05) is 6.54 Å². The lowest BCUT2D eigenvalue weighted by Gasteiger charge is -2.38. The molecule has 18 heavy (non-hydrogen) atoms. The highest BCUT2D eigenvalue weighted by molar-refractivity contribution is 5.80. The van der Waals surface area contributed by atoms with Crippen molar-refractivity contribution < 1.29 is 14.3 Å². The molecule has 94 valence electrons. The van der Waals surface area contributed by atoms with Crippen LogP contribution in [0.5, 0.6) is 0 Å². The van der Waals surface area contributed by atoms with Crippen LogP contribution in [0.4, 0.5) is 4.39 Å². The summed E-state index contributed by atoms with van der Waals surface area (Å²) in [5, 5.41) is 21.0. The second-order valence-corrected chi connectivity index (χ2v) is 4.51. The van der Waals surface area contributed by atoms with Gasteiger partial charge in [-0.1, -0.05) is 0 Å². The van der Waals surface area contributed by atoms with Gasteiger partial charge in [-0.05, 0) is 43.0 Å². The monoisotopic (exact) mass is 248 g/mol. The SMILES string of the molecule is N#Cc1ccc(F)cc1CNC1(C(=O)O)CCC1. The van der Waals surface area contributed by atoms with Crippen LogP contribution in [0, 0.1) is 17.1 Å². The quantitative estimate of drug-likeness (QED) is 0.852. The smallest absolute Gasteiger partial charge is 0.323 e. The molecular formula is C13H13FN2O2. The molecule has 1 aliphatic carbocycles. The fourth-order valence-corrected chi connectivity index (χ4v) is 2.08. The maximum atomic E-state index is 13.1. The van der Waals surface area contributed by atoms with Crippen LogP contribution in [0.2, 0.25) is 0 Å². The summed E-state index contributed by atoms with van der Waals surface area (Å²) in [5.74, 6) is -1.31. The lowest BCUT2D eigenvalue weighted by atomic mass is 9.76. The van der Waals surface area contributed by atoms with E-state index in [2.05, 4.69) is 5.32 Å². The van der Waals surface area contributed by atoms with Gasteiger partial charge in [0.1, 0.15) is 11.4 Å². The van der Waals surface area contributed by atoms with Gasteiger partial charge >= 0.3 is 5.97 Å². The Kier molecular flexibility index (Phi) is 3.30. The minimum Gasteiger partial charge on any atom is -0.480 e. The number of rotatable bonds is 4. The molecule has 0 heterocycles. The van der Waals surface area contributed by atoms with E-state index in [1.165, 1.54) is 18.2 Å². The number of nitriles is 1. The zero-order chi connectivity index (χ0) is 13.2. The van der Waals surface area contributed by atoms with Crippen LogP contribution in [0.3, 0.4) is 0 Å². The van der Waals surface area contributed by atoms with Crippen molar-refractivity contribution in [2.24, 2.45) is 0 Å². The van der Waals surface area contributed by atoms with E-state index in [1.807, 2.05) is 6.07 Å². The van der Waals surface area contributed by atoms with Gasteiger partial charge in [-0.2, -0.15) is 5.26 Å². The van der Waals surface area contributed by atoms with Crippen LogP contribution in [0.15, 0.2) is 18.2 Å². The average Bonchev–Trinajstić information content (AvgIpc) is 2.27. The van der Waals surface area contributed by atoms with Crippen LogP contribution in [-0.2, 0) is 11.3 Å². The van der Waals surface area contributed by atoms with Crippen molar-refractivity contribution in [3.05, 3.63) is 35.1 Å². The second-order valence-electron chi connectivity index (χ2n) is 4.51. The largest absolute Gasteiger partial charge is 0.480 e. The average molecular weight is 248 g/mol. The molecule has 0 spiro atoms.